The van der Waals surface area contributed by atoms with E-state index in [1.807, 2.05) is 0 Å². The first-order chi connectivity index (χ1) is 11.9. The van der Waals surface area contributed by atoms with Gasteiger partial charge in [-0.15, -0.1) is 0 Å². The molecular formula is C17H21NO6S. The third-order valence-electron chi connectivity index (χ3n) is 3.61. The lowest BCUT2D eigenvalue weighted by atomic mass is 10.2. The van der Waals surface area contributed by atoms with Gasteiger partial charge in [-0.25, -0.2) is 13.1 Å². The number of hydrogen-bond acceptors (Lipinski definition) is 6. The molecule has 0 unspecified atom stereocenters. The molecule has 0 saturated heterocycles. The van der Waals surface area contributed by atoms with Crippen LogP contribution in [0.15, 0.2) is 41.3 Å². The highest BCUT2D eigenvalue weighted by Gasteiger charge is 2.21. The number of benzene rings is 2. The minimum atomic E-state index is -3.82. The Morgan fingerprint density at radius 1 is 0.800 bits per heavy atom. The molecule has 1 N–H and O–H groups in total. The van der Waals surface area contributed by atoms with Crippen molar-refractivity contribution in [3.63, 3.8) is 0 Å². The summed E-state index contributed by atoms with van der Waals surface area (Å²) in [6.45, 7) is 0.0515. The van der Waals surface area contributed by atoms with Crippen LogP contribution in [0.3, 0.4) is 0 Å². The van der Waals surface area contributed by atoms with Crippen molar-refractivity contribution in [2.45, 2.75) is 11.4 Å². The maximum absolute atomic E-state index is 12.7. The van der Waals surface area contributed by atoms with Gasteiger partial charge in [0, 0.05) is 24.2 Å². The Labute approximate surface area is 147 Å². The molecule has 0 aliphatic heterocycles. The summed E-state index contributed by atoms with van der Waals surface area (Å²) in [5.74, 6) is 1.80. The van der Waals surface area contributed by atoms with E-state index >= 15 is 0 Å². The molecule has 0 bridgehead atoms. The highest BCUT2D eigenvalue weighted by atomic mass is 32.2. The van der Waals surface area contributed by atoms with E-state index in [0.29, 0.717) is 22.8 Å². The Kier molecular flexibility index (Phi) is 6.11. The van der Waals surface area contributed by atoms with Crippen LogP contribution in [0.5, 0.6) is 23.0 Å². The quantitative estimate of drug-likeness (QED) is 0.770. The van der Waals surface area contributed by atoms with Crippen LogP contribution in [0.1, 0.15) is 5.56 Å². The molecule has 0 amide bonds. The van der Waals surface area contributed by atoms with Crippen molar-refractivity contribution < 1.29 is 27.4 Å². The molecule has 136 valence electrons. The molecule has 2 rings (SSSR count). The van der Waals surface area contributed by atoms with Crippen molar-refractivity contribution in [1.29, 1.82) is 0 Å². The molecule has 0 aromatic heterocycles. The van der Waals surface area contributed by atoms with Crippen molar-refractivity contribution in [3.05, 3.63) is 42.0 Å². The van der Waals surface area contributed by atoms with Crippen molar-refractivity contribution in [3.8, 4) is 23.0 Å². The summed E-state index contributed by atoms with van der Waals surface area (Å²) in [6.07, 6.45) is 0. The highest BCUT2D eigenvalue weighted by molar-refractivity contribution is 7.89. The molecule has 0 radical (unpaired) electrons. The van der Waals surface area contributed by atoms with Crippen LogP contribution >= 0.6 is 0 Å². The molecule has 2 aromatic rings. The smallest absolute Gasteiger partial charge is 0.244 e. The molecule has 7 nitrogen and oxygen atoms in total. The lowest BCUT2D eigenvalue weighted by molar-refractivity contribution is 0.390. The zero-order valence-corrected chi connectivity index (χ0v) is 15.3. The van der Waals surface area contributed by atoms with Crippen molar-refractivity contribution >= 4 is 10.0 Å². The predicted molar refractivity (Wildman–Crippen MR) is 93.1 cm³/mol. The summed E-state index contributed by atoms with van der Waals surface area (Å²) in [5.41, 5.74) is 0.675. The van der Waals surface area contributed by atoms with Crippen molar-refractivity contribution in [2.75, 3.05) is 28.4 Å². The lowest BCUT2D eigenvalue weighted by Crippen LogP contribution is -2.24. The van der Waals surface area contributed by atoms with Gasteiger partial charge in [-0.3, -0.25) is 0 Å². The molecular weight excluding hydrogens is 346 g/mol. The van der Waals surface area contributed by atoms with Crippen LogP contribution in [0, 0.1) is 0 Å². The van der Waals surface area contributed by atoms with Crippen LogP contribution in [-0.2, 0) is 16.6 Å². The fraction of sp³-hybridized carbons (Fsp3) is 0.294. The van der Waals surface area contributed by atoms with Gasteiger partial charge in [-0.1, -0.05) is 6.07 Å². The number of nitrogens with one attached hydrogen (secondary N) is 1. The number of ether oxygens (including phenoxy) is 4. The van der Waals surface area contributed by atoms with Crippen LogP contribution < -0.4 is 23.7 Å². The minimum absolute atomic E-state index is 0.00169. The average molecular weight is 367 g/mol. The Bertz CT molecular complexity index is 835. The number of rotatable bonds is 8. The van der Waals surface area contributed by atoms with E-state index in [-0.39, 0.29) is 17.2 Å². The van der Waals surface area contributed by atoms with E-state index in [1.54, 1.807) is 37.4 Å². The lowest BCUT2D eigenvalue weighted by Gasteiger charge is -2.14. The fourth-order valence-electron chi connectivity index (χ4n) is 2.24. The molecule has 8 heteroatoms. The Morgan fingerprint density at radius 3 is 2.00 bits per heavy atom. The van der Waals surface area contributed by atoms with E-state index in [1.165, 1.54) is 27.4 Å². The second kappa shape index (κ2) is 8.09. The molecule has 0 saturated carbocycles. The maximum atomic E-state index is 12.7. The van der Waals surface area contributed by atoms with E-state index in [2.05, 4.69) is 4.72 Å². The molecule has 2 aromatic carbocycles. The summed E-state index contributed by atoms with van der Waals surface area (Å²) in [7, 11) is 2.12. The molecule has 0 aliphatic carbocycles. The molecule has 0 fully saturated rings. The van der Waals surface area contributed by atoms with Gasteiger partial charge in [-0.2, -0.15) is 0 Å². The van der Waals surface area contributed by atoms with Gasteiger partial charge in [0.25, 0.3) is 0 Å². The Balaban J connectivity index is 2.28. The minimum Gasteiger partial charge on any atom is -0.497 e. The van der Waals surface area contributed by atoms with Gasteiger partial charge in [0.2, 0.25) is 10.0 Å². The first-order valence-electron chi connectivity index (χ1n) is 7.37. The third kappa shape index (κ3) is 4.34. The van der Waals surface area contributed by atoms with Crippen molar-refractivity contribution in [2.24, 2.45) is 0 Å². The summed E-state index contributed by atoms with van der Waals surface area (Å²) < 4.78 is 48.5. The van der Waals surface area contributed by atoms with E-state index in [9.17, 15) is 8.42 Å². The summed E-state index contributed by atoms with van der Waals surface area (Å²) in [6, 6.07) is 9.75. The second-order valence-electron chi connectivity index (χ2n) is 5.02. The summed E-state index contributed by atoms with van der Waals surface area (Å²) in [4.78, 5) is 0.00169. The van der Waals surface area contributed by atoms with Gasteiger partial charge in [-0.05, 0) is 18.2 Å². The van der Waals surface area contributed by atoms with Crippen LogP contribution in [0.25, 0.3) is 0 Å². The van der Waals surface area contributed by atoms with Crippen LogP contribution in [-0.4, -0.2) is 36.9 Å². The average Bonchev–Trinajstić information content (AvgIpc) is 2.65. The summed E-state index contributed by atoms with van der Waals surface area (Å²) >= 11 is 0. The third-order valence-corrected chi connectivity index (χ3v) is 5.03. The van der Waals surface area contributed by atoms with Gasteiger partial charge >= 0.3 is 0 Å². The van der Waals surface area contributed by atoms with Crippen LogP contribution in [0.4, 0.5) is 0 Å². The zero-order chi connectivity index (χ0) is 18.4. The van der Waals surface area contributed by atoms with Crippen molar-refractivity contribution in [1.82, 2.24) is 4.72 Å². The topological polar surface area (TPSA) is 83.1 Å². The normalized spacial score (nSPS) is 11.0. The first-order valence-corrected chi connectivity index (χ1v) is 8.86. The van der Waals surface area contributed by atoms with Gasteiger partial charge in [0.15, 0.2) is 0 Å². The number of methoxy groups -OCH3 is 4. The summed E-state index contributed by atoms with van der Waals surface area (Å²) in [5, 5.41) is 0. The Morgan fingerprint density at radius 2 is 1.40 bits per heavy atom. The zero-order valence-electron chi connectivity index (χ0n) is 14.5. The molecule has 0 spiro atoms. The largest absolute Gasteiger partial charge is 0.497 e. The first kappa shape index (κ1) is 18.9. The van der Waals surface area contributed by atoms with E-state index in [4.69, 9.17) is 18.9 Å². The molecule has 0 aliphatic rings. The molecule has 0 heterocycles. The second-order valence-corrected chi connectivity index (χ2v) is 6.75. The highest BCUT2D eigenvalue weighted by Crippen LogP contribution is 2.29. The Hall–Kier alpha value is -2.45. The number of hydrogen-bond donors (Lipinski definition) is 1. The standard InChI is InChI=1S/C17H21NO6S/c1-21-13-6-5-12(16(9-13)24-4)11-18-25(19,20)17-10-14(22-2)7-8-15(17)23-3/h5-10,18H,11H2,1-4H3. The predicted octanol–water partition coefficient (Wildman–Crippen LogP) is 2.20. The molecule has 0 atom stereocenters. The van der Waals surface area contributed by atoms with Gasteiger partial charge < -0.3 is 18.9 Å². The van der Waals surface area contributed by atoms with Gasteiger partial charge in [0.05, 0.1) is 28.4 Å². The maximum Gasteiger partial charge on any atom is 0.244 e. The SMILES string of the molecule is COc1ccc(CNS(=O)(=O)c2cc(OC)ccc2OC)c(OC)c1. The monoisotopic (exact) mass is 367 g/mol. The van der Waals surface area contributed by atoms with E-state index < -0.39 is 10.0 Å². The van der Waals surface area contributed by atoms with E-state index in [0.717, 1.165) is 0 Å². The molecule has 25 heavy (non-hydrogen) atoms. The number of sulfonamides is 1. The van der Waals surface area contributed by atoms with Crippen LogP contribution in [0.2, 0.25) is 0 Å². The van der Waals surface area contributed by atoms with Gasteiger partial charge in [0.1, 0.15) is 27.9 Å². The fourth-order valence-corrected chi connectivity index (χ4v) is 3.43.